The van der Waals surface area contributed by atoms with E-state index >= 15 is 0 Å². The number of anilines is 1. The number of rotatable bonds is 8. The van der Waals surface area contributed by atoms with Crippen molar-refractivity contribution in [2.75, 3.05) is 19.4 Å². The molecule has 0 saturated carbocycles. The number of nitrogens with zero attached hydrogens (tertiary/aromatic N) is 1. The molecule has 1 unspecified atom stereocenters. The second-order valence-electron chi connectivity index (χ2n) is 7.14. The highest BCUT2D eigenvalue weighted by Crippen LogP contribution is 2.34. The van der Waals surface area contributed by atoms with E-state index in [4.69, 9.17) is 0 Å². The Balaban J connectivity index is 1.89. The van der Waals surface area contributed by atoms with Crippen molar-refractivity contribution in [2.24, 2.45) is 0 Å². The van der Waals surface area contributed by atoms with Gasteiger partial charge >= 0.3 is 6.18 Å². The fraction of sp³-hybridized carbons (Fsp3) is 0.381. The fourth-order valence-corrected chi connectivity index (χ4v) is 2.89. The molecular weight excluding hydrogens is 367 g/mol. The molecule has 0 spiro atoms. The quantitative estimate of drug-likeness (QED) is 0.704. The predicted octanol–water partition coefficient (Wildman–Crippen LogP) is 4.27. The van der Waals surface area contributed by atoms with Crippen LogP contribution in [0.15, 0.2) is 48.5 Å². The van der Waals surface area contributed by atoms with Gasteiger partial charge in [-0.25, -0.2) is 0 Å². The highest BCUT2D eigenvalue weighted by atomic mass is 19.4. The molecule has 2 N–H and O–H groups in total. The van der Waals surface area contributed by atoms with Crippen LogP contribution in [0.4, 0.5) is 18.9 Å². The van der Waals surface area contributed by atoms with Gasteiger partial charge in [0.2, 0.25) is 5.91 Å². The van der Waals surface area contributed by atoms with Crippen molar-refractivity contribution in [2.45, 2.75) is 38.7 Å². The number of hydrogen-bond donors (Lipinski definition) is 2. The van der Waals surface area contributed by atoms with Crippen LogP contribution in [0.25, 0.3) is 0 Å². The van der Waals surface area contributed by atoms with Gasteiger partial charge in [0.1, 0.15) is 0 Å². The van der Waals surface area contributed by atoms with E-state index in [0.717, 1.165) is 18.2 Å². The first-order valence-corrected chi connectivity index (χ1v) is 9.07. The lowest BCUT2D eigenvalue weighted by atomic mass is 10.1. The highest BCUT2D eigenvalue weighted by Gasteiger charge is 2.33. The molecule has 1 atom stereocenters. The van der Waals surface area contributed by atoms with Crippen molar-refractivity contribution in [3.05, 3.63) is 65.2 Å². The minimum atomic E-state index is -4.51. The van der Waals surface area contributed by atoms with E-state index in [0.29, 0.717) is 6.54 Å². The van der Waals surface area contributed by atoms with E-state index < -0.39 is 17.6 Å². The summed E-state index contributed by atoms with van der Waals surface area (Å²) >= 11 is 0. The summed E-state index contributed by atoms with van der Waals surface area (Å²) in [6, 6.07) is 12.9. The first-order chi connectivity index (χ1) is 13.1. The number of hydrogen-bond acceptors (Lipinski definition) is 3. The van der Waals surface area contributed by atoms with Crippen LogP contribution in [0, 0.1) is 0 Å². The molecule has 0 radical (unpaired) electrons. The maximum atomic E-state index is 13.0. The Labute approximate surface area is 163 Å². The van der Waals surface area contributed by atoms with E-state index in [2.05, 4.69) is 27.7 Å². The monoisotopic (exact) mass is 393 g/mol. The van der Waals surface area contributed by atoms with Crippen LogP contribution in [0.2, 0.25) is 0 Å². The average Bonchev–Trinajstić information content (AvgIpc) is 2.59. The van der Waals surface area contributed by atoms with Gasteiger partial charge in [-0.1, -0.05) is 36.4 Å². The molecule has 0 fully saturated rings. The summed E-state index contributed by atoms with van der Waals surface area (Å²) in [6.07, 6.45) is -4.44. The van der Waals surface area contributed by atoms with Crippen molar-refractivity contribution < 1.29 is 18.0 Å². The lowest BCUT2D eigenvalue weighted by Gasteiger charge is -2.17. The van der Waals surface area contributed by atoms with Crippen molar-refractivity contribution in [1.82, 2.24) is 10.2 Å². The molecule has 0 aliphatic heterocycles. The number of carbonyl (C=O) groups is 1. The third kappa shape index (κ3) is 6.98. The second-order valence-corrected chi connectivity index (χ2v) is 7.14. The zero-order chi connectivity index (χ0) is 20.7. The van der Waals surface area contributed by atoms with Crippen LogP contribution in [0.3, 0.4) is 0 Å². The average molecular weight is 393 g/mol. The van der Waals surface area contributed by atoms with Crippen molar-refractivity contribution in [1.29, 1.82) is 0 Å². The van der Waals surface area contributed by atoms with Crippen LogP contribution >= 0.6 is 0 Å². The summed E-state index contributed by atoms with van der Waals surface area (Å²) < 4.78 is 39.0. The van der Waals surface area contributed by atoms with Gasteiger partial charge in [-0.15, -0.1) is 0 Å². The molecule has 2 aromatic carbocycles. The van der Waals surface area contributed by atoms with Gasteiger partial charge in [0, 0.05) is 25.6 Å². The van der Waals surface area contributed by atoms with E-state index in [9.17, 15) is 18.0 Å². The van der Waals surface area contributed by atoms with E-state index in [1.165, 1.54) is 23.8 Å². The third-order valence-electron chi connectivity index (χ3n) is 4.14. The topological polar surface area (TPSA) is 44.4 Å². The number of alkyl halides is 3. The molecule has 0 aliphatic rings. The molecular formula is C21H26F3N3O. The van der Waals surface area contributed by atoms with Gasteiger partial charge in [0.25, 0.3) is 0 Å². The van der Waals surface area contributed by atoms with Crippen molar-refractivity contribution in [3.63, 3.8) is 0 Å². The molecule has 0 aliphatic carbocycles. The molecule has 0 aromatic heterocycles. The van der Waals surface area contributed by atoms with Gasteiger partial charge in [-0.05, 0) is 44.3 Å². The van der Waals surface area contributed by atoms with Crippen LogP contribution < -0.4 is 10.6 Å². The Morgan fingerprint density at radius 1 is 1.07 bits per heavy atom. The number of para-hydroxylation sites is 1. The Morgan fingerprint density at radius 2 is 1.75 bits per heavy atom. The molecule has 4 nitrogen and oxygen atoms in total. The van der Waals surface area contributed by atoms with E-state index in [-0.39, 0.29) is 18.2 Å². The zero-order valence-electron chi connectivity index (χ0n) is 16.3. The first-order valence-electron chi connectivity index (χ1n) is 9.07. The maximum absolute atomic E-state index is 13.0. The van der Waals surface area contributed by atoms with Gasteiger partial charge in [0.15, 0.2) is 0 Å². The van der Waals surface area contributed by atoms with E-state index in [1.807, 2.05) is 33.2 Å². The fourth-order valence-electron chi connectivity index (χ4n) is 2.89. The predicted molar refractivity (Wildman–Crippen MR) is 105 cm³/mol. The summed E-state index contributed by atoms with van der Waals surface area (Å²) in [5, 5.41) is 5.62. The van der Waals surface area contributed by atoms with Crippen LogP contribution in [0.5, 0.6) is 0 Å². The lowest BCUT2D eigenvalue weighted by molar-refractivity contribution is -0.137. The van der Waals surface area contributed by atoms with Crippen molar-refractivity contribution in [3.8, 4) is 0 Å². The lowest BCUT2D eigenvalue weighted by Crippen LogP contribution is -2.30. The zero-order valence-corrected chi connectivity index (χ0v) is 16.3. The summed E-state index contributed by atoms with van der Waals surface area (Å²) in [5.41, 5.74) is 1.22. The molecule has 28 heavy (non-hydrogen) atoms. The number of halogens is 3. The molecule has 0 heterocycles. The minimum absolute atomic E-state index is 0.0730. The summed E-state index contributed by atoms with van der Waals surface area (Å²) in [4.78, 5) is 14.2. The van der Waals surface area contributed by atoms with Gasteiger partial charge in [-0.2, -0.15) is 13.2 Å². The Kier molecular flexibility index (Phi) is 7.60. The molecule has 0 saturated heterocycles. The first kappa shape index (κ1) is 21.9. The van der Waals surface area contributed by atoms with E-state index in [1.54, 1.807) is 0 Å². The summed E-state index contributed by atoms with van der Waals surface area (Å²) in [6.45, 7) is 3.25. The number of amides is 1. The minimum Gasteiger partial charge on any atom is -0.325 e. The van der Waals surface area contributed by atoms with Crippen LogP contribution in [-0.2, 0) is 24.1 Å². The van der Waals surface area contributed by atoms with Crippen molar-refractivity contribution >= 4 is 11.6 Å². The maximum Gasteiger partial charge on any atom is 0.418 e. The standard InChI is InChI=1S/C21H26F3N3O/c1-15(25-13-16-7-6-8-17(12-16)14-27(2)3)11-20(28)26-19-10-5-4-9-18(19)21(22,23)24/h4-10,12,15,25H,11,13-14H2,1-3H3,(H,26,28). The largest absolute Gasteiger partial charge is 0.418 e. The molecule has 1 amide bonds. The van der Waals surface area contributed by atoms with Gasteiger partial charge < -0.3 is 15.5 Å². The molecule has 152 valence electrons. The molecule has 2 rings (SSSR count). The molecule has 2 aromatic rings. The molecule has 7 heteroatoms. The Bertz CT molecular complexity index is 790. The normalized spacial score (nSPS) is 12.8. The molecule has 0 bridgehead atoms. The highest BCUT2D eigenvalue weighted by molar-refractivity contribution is 5.92. The number of benzene rings is 2. The third-order valence-corrected chi connectivity index (χ3v) is 4.14. The number of nitrogens with one attached hydrogen (secondary N) is 2. The second kappa shape index (κ2) is 9.71. The number of carbonyl (C=O) groups excluding carboxylic acids is 1. The Morgan fingerprint density at radius 3 is 2.43 bits per heavy atom. The van der Waals surface area contributed by atoms with Gasteiger partial charge in [-0.3, -0.25) is 4.79 Å². The smallest absolute Gasteiger partial charge is 0.325 e. The summed E-state index contributed by atoms with van der Waals surface area (Å²) in [5.74, 6) is -0.460. The summed E-state index contributed by atoms with van der Waals surface area (Å²) in [7, 11) is 4.01. The Hall–Kier alpha value is -2.38. The van der Waals surface area contributed by atoms with Crippen LogP contribution in [0.1, 0.15) is 30.0 Å². The van der Waals surface area contributed by atoms with Crippen LogP contribution in [-0.4, -0.2) is 30.9 Å². The van der Waals surface area contributed by atoms with Gasteiger partial charge in [0.05, 0.1) is 11.3 Å². The SMILES string of the molecule is CC(CC(=O)Nc1ccccc1C(F)(F)F)NCc1cccc(CN(C)C)c1.